The van der Waals surface area contributed by atoms with Crippen molar-refractivity contribution in [3.05, 3.63) is 70.8 Å². The largest absolute Gasteiger partial charge is 0.392 e. The summed E-state index contributed by atoms with van der Waals surface area (Å²) in [4.78, 5) is 27.1. The van der Waals surface area contributed by atoms with Gasteiger partial charge in [-0.05, 0) is 54.6 Å². The Kier molecular flexibility index (Phi) is 3.79. The van der Waals surface area contributed by atoms with Crippen molar-refractivity contribution in [1.29, 1.82) is 0 Å². The molecule has 136 valence electrons. The number of rotatable bonds is 1. The Balaban J connectivity index is 1.86. The average molecular weight is 368 g/mol. The van der Waals surface area contributed by atoms with Crippen LogP contribution in [0.25, 0.3) is 39.8 Å². The maximum atomic E-state index is 11.3. The first-order valence-electron chi connectivity index (χ1n) is 8.93. The van der Waals surface area contributed by atoms with Crippen LogP contribution in [0.4, 0.5) is 0 Å². The van der Waals surface area contributed by atoms with Crippen LogP contribution in [0, 0.1) is 0 Å². The summed E-state index contributed by atoms with van der Waals surface area (Å²) in [5.74, 6) is 2.00. The molecule has 0 fully saturated rings. The minimum atomic E-state index is -0.0563. The van der Waals surface area contributed by atoms with Gasteiger partial charge in [0.1, 0.15) is 5.94 Å². The average Bonchev–Trinajstić information content (AvgIpc) is 3.45. The van der Waals surface area contributed by atoms with E-state index in [9.17, 15) is 9.90 Å². The zero-order chi connectivity index (χ0) is 19.1. The fraction of sp³-hybridized carbons (Fsp3) is 0.0909. The molecule has 0 aliphatic carbocycles. The lowest BCUT2D eigenvalue weighted by molar-refractivity contribution is 0.283. The molecule has 0 saturated heterocycles. The predicted octanol–water partition coefficient (Wildman–Crippen LogP) is 3.44. The first kappa shape index (κ1) is 16.4. The minimum Gasteiger partial charge on any atom is -0.392 e. The van der Waals surface area contributed by atoms with Crippen molar-refractivity contribution in [2.75, 3.05) is 0 Å². The van der Waals surface area contributed by atoms with Gasteiger partial charge in [-0.3, -0.25) is 4.98 Å². The zero-order valence-corrected chi connectivity index (χ0v) is 14.9. The van der Waals surface area contributed by atoms with E-state index in [0.29, 0.717) is 17.7 Å². The summed E-state index contributed by atoms with van der Waals surface area (Å²) in [5.41, 5.74) is 7.73. The lowest BCUT2D eigenvalue weighted by Crippen LogP contribution is -1.81. The first-order chi connectivity index (χ1) is 13.7. The van der Waals surface area contributed by atoms with E-state index < -0.39 is 0 Å². The number of allylic oxidation sites excluding steroid dienone is 1. The summed E-state index contributed by atoms with van der Waals surface area (Å²) < 4.78 is 0. The highest BCUT2D eigenvalue weighted by atomic mass is 16.3. The highest BCUT2D eigenvalue weighted by molar-refractivity contribution is 5.89. The third-order valence-electron chi connectivity index (χ3n) is 4.80. The molecular weight excluding hydrogens is 352 g/mol. The van der Waals surface area contributed by atoms with Gasteiger partial charge in [0.2, 0.25) is 0 Å². The van der Waals surface area contributed by atoms with Crippen LogP contribution in [0.15, 0.2) is 42.5 Å². The molecule has 8 bridgehead atoms. The molecule has 3 aromatic heterocycles. The number of hydrogen-bond donors (Lipinski definition) is 3. The van der Waals surface area contributed by atoms with Gasteiger partial charge in [0.05, 0.1) is 29.3 Å². The van der Waals surface area contributed by atoms with E-state index >= 15 is 0 Å². The normalized spacial score (nSPS) is 13.0. The Hall–Kier alpha value is -3.73. The standard InChI is InChI=1S/C22H16N4O2/c27-11-13-5-19-7-15-1-3-17(23-15)9-21-14(12-28)6-20(26-21)8-16-2-4-18(24-16)10-22(13)25-19/h1-5,7-10,24-25,27H,6,11H2. The lowest BCUT2D eigenvalue weighted by Gasteiger charge is -1.88. The van der Waals surface area contributed by atoms with E-state index in [-0.39, 0.29) is 6.61 Å². The van der Waals surface area contributed by atoms with Gasteiger partial charge in [-0.1, -0.05) is 0 Å². The molecule has 0 unspecified atom stereocenters. The molecule has 0 spiro atoms. The van der Waals surface area contributed by atoms with Gasteiger partial charge in [-0.2, -0.15) is 0 Å². The Bertz CT molecular complexity index is 1340. The quantitative estimate of drug-likeness (QED) is 0.449. The molecular formula is C22H16N4O2. The number of nitrogens with zero attached hydrogens (tertiary/aromatic N) is 2. The lowest BCUT2D eigenvalue weighted by atomic mass is 10.1. The van der Waals surface area contributed by atoms with Crippen LogP contribution in [-0.4, -0.2) is 31.0 Å². The number of aromatic amines is 2. The van der Waals surface area contributed by atoms with Crippen LogP contribution in [0.2, 0.25) is 0 Å². The molecule has 2 aliphatic rings. The van der Waals surface area contributed by atoms with E-state index in [1.807, 2.05) is 54.5 Å². The van der Waals surface area contributed by atoms with Gasteiger partial charge in [0, 0.05) is 39.7 Å². The van der Waals surface area contributed by atoms with E-state index in [0.717, 1.165) is 44.7 Å². The van der Waals surface area contributed by atoms with E-state index in [1.54, 1.807) is 6.07 Å². The molecule has 3 aromatic rings. The second-order valence-electron chi connectivity index (χ2n) is 6.81. The Morgan fingerprint density at radius 2 is 1.71 bits per heavy atom. The molecule has 0 atom stereocenters. The van der Waals surface area contributed by atoms with Gasteiger partial charge >= 0.3 is 0 Å². The molecule has 0 aromatic carbocycles. The number of aromatic nitrogens is 4. The highest BCUT2D eigenvalue weighted by Gasteiger charge is 2.14. The van der Waals surface area contributed by atoms with E-state index in [2.05, 4.69) is 19.9 Å². The monoisotopic (exact) mass is 368 g/mol. The number of H-pyrrole nitrogens is 2. The molecule has 6 nitrogen and oxygen atoms in total. The Labute approximate surface area is 159 Å². The van der Waals surface area contributed by atoms with Crippen molar-refractivity contribution in [2.45, 2.75) is 13.0 Å². The summed E-state index contributed by atoms with van der Waals surface area (Å²) in [5, 5.41) is 9.69. The van der Waals surface area contributed by atoms with E-state index in [4.69, 9.17) is 0 Å². The topological polar surface area (TPSA) is 94.7 Å². The summed E-state index contributed by atoms with van der Waals surface area (Å²) in [6, 6.07) is 13.4. The Morgan fingerprint density at radius 1 is 0.929 bits per heavy atom. The summed E-state index contributed by atoms with van der Waals surface area (Å²) >= 11 is 0. The highest BCUT2D eigenvalue weighted by Crippen LogP contribution is 2.23. The zero-order valence-electron chi connectivity index (χ0n) is 14.9. The number of hydrogen-bond acceptors (Lipinski definition) is 4. The predicted molar refractivity (Wildman–Crippen MR) is 109 cm³/mol. The first-order valence-corrected chi connectivity index (χ1v) is 8.93. The van der Waals surface area contributed by atoms with Crippen LogP contribution in [0.5, 0.6) is 0 Å². The molecule has 3 N–H and O–H groups in total. The maximum Gasteiger partial charge on any atom is 0.130 e. The molecule has 2 aliphatic heterocycles. The van der Waals surface area contributed by atoms with Crippen LogP contribution < -0.4 is 0 Å². The third-order valence-corrected chi connectivity index (χ3v) is 4.80. The molecule has 0 amide bonds. The van der Waals surface area contributed by atoms with Crippen molar-refractivity contribution in [3.63, 3.8) is 0 Å². The van der Waals surface area contributed by atoms with Crippen LogP contribution in [0.1, 0.15) is 28.3 Å². The van der Waals surface area contributed by atoms with Gasteiger partial charge in [0.25, 0.3) is 0 Å². The van der Waals surface area contributed by atoms with Crippen molar-refractivity contribution in [2.24, 2.45) is 0 Å². The second-order valence-corrected chi connectivity index (χ2v) is 6.81. The minimum absolute atomic E-state index is 0.0563. The number of aliphatic hydroxyl groups is 1. The fourth-order valence-corrected chi connectivity index (χ4v) is 3.49. The number of carbonyl (C=O) groups excluding carboxylic acids is 1. The van der Waals surface area contributed by atoms with Crippen molar-refractivity contribution in [1.82, 2.24) is 19.9 Å². The van der Waals surface area contributed by atoms with E-state index in [1.165, 1.54) is 0 Å². The van der Waals surface area contributed by atoms with Crippen LogP contribution in [-0.2, 0) is 17.8 Å². The second kappa shape index (κ2) is 6.46. The van der Waals surface area contributed by atoms with Crippen molar-refractivity contribution < 1.29 is 9.90 Å². The SMILES string of the molecule is O=C=C1Cc2cc3ccc(cc4[nH]c(cc5nc(cc1n2)C=C5)cc4CO)[nH]3. The number of nitrogens with one attached hydrogen (secondary N) is 2. The summed E-state index contributed by atoms with van der Waals surface area (Å²) in [7, 11) is 0. The fourth-order valence-electron chi connectivity index (χ4n) is 3.49. The van der Waals surface area contributed by atoms with Gasteiger partial charge in [0.15, 0.2) is 0 Å². The molecule has 28 heavy (non-hydrogen) atoms. The number of aliphatic hydroxyl groups excluding tert-OH is 1. The van der Waals surface area contributed by atoms with Gasteiger partial charge in [-0.15, -0.1) is 0 Å². The number of fused-ring (bicyclic) bond motifs is 8. The van der Waals surface area contributed by atoms with Gasteiger partial charge in [-0.25, -0.2) is 9.78 Å². The van der Waals surface area contributed by atoms with Crippen LogP contribution >= 0.6 is 0 Å². The van der Waals surface area contributed by atoms with Crippen LogP contribution in [0.3, 0.4) is 0 Å². The summed E-state index contributed by atoms with van der Waals surface area (Å²) in [6.07, 6.45) is 4.23. The Morgan fingerprint density at radius 3 is 2.50 bits per heavy atom. The summed E-state index contributed by atoms with van der Waals surface area (Å²) in [6.45, 7) is -0.0563. The molecule has 0 radical (unpaired) electrons. The smallest absolute Gasteiger partial charge is 0.130 e. The van der Waals surface area contributed by atoms with Crippen molar-refractivity contribution in [3.8, 4) is 0 Å². The third kappa shape index (κ3) is 2.97. The van der Waals surface area contributed by atoms with Crippen molar-refractivity contribution >= 4 is 45.7 Å². The van der Waals surface area contributed by atoms with Gasteiger partial charge < -0.3 is 15.1 Å². The maximum absolute atomic E-state index is 11.3. The molecule has 5 heterocycles. The molecule has 5 rings (SSSR count). The molecule has 0 saturated carbocycles. The molecule has 6 heteroatoms.